The molecule has 0 unspecified atom stereocenters. The molecule has 1 aromatic heterocycles. The van der Waals surface area contributed by atoms with Crippen LogP contribution in [-0.2, 0) is 12.7 Å². The van der Waals surface area contributed by atoms with Gasteiger partial charge in [0.2, 0.25) is 0 Å². The molecule has 0 radical (unpaired) electrons. The summed E-state index contributed by atoms with van der Waals surface area (Å²) >= 11 is 18.4. The highest BCUT2D eigenvalue weighted by atomic mass is 35.5. The number of carbonyl (C=O) groups is 1. The fourth-order valence-electron chi connectivity index (χ4n) is 2.61. The van der Waals surface area contributed by atoms with E-state index in [0.29, 0.717) is 11.9 Å². The SMILES string of the molecule is O=C(c1c(Cl)cccc1Cl)N(Cc1ncc(C(F)(F)F)cc1Cl)c1ccccc1. The van der Waals surface area contributed by atoms with Gasteiger partial charge in [-0.05, 0) is 30.3 Å². The maximum Gasteiger partial charge on any atom is 0.417 e. The molecule has 29 heavy (non-hydrogen) atoms. The first-order valence-corrected chi connectivity index (χ1v) is 9.34. The predicted molar refractivity (Wildman–Crippen MR) is 108 cm³/mol. The minimum atomic E-state index is -4.57. The molecule has 3 rings (SSSR count). The molecule has 0 aliphatic carbocycles. The number of amides is 1. The Bertz CT molecular complexity index is 1020. The number of rotatable bonds is 4. The molecule has 0 saturated heterocycles. The van der Waals surface area contributed by atoms with Crippen LogP contribution in [0.25, 0.3) is 0 Å². The molecule has 2 aromatic carbocycles. The van der Waals surface area contributed by atoms with Gasteiger partial charge in [-0.1, -0.05) is 59.1 Å². The molecule has 1 amide bonds. The second-order valence-electron chi connectivity index (χ2n) is 5.97. The van der Waals surface area contributed by atoms with Crippen LogP contribution in [0.2, 0.25) is 15.1 Å². The van der Waals surface area contributed by atoms with Crippen LogP contribution < -0.4 is 4.90 Å². The van der Waals surface area contributed by atoms with Gasteiger partial charge < -0.3 is 4.90 Å². The van der Waals surface area contributed by atoms with E-state index in [1.165, 1.54) is 17.0 Å². The van der Waals surface area contributed by atoms with Crippen molar-refractivity contribution in [2.75, 3.05) is 4.90 Å². The van der Waals surface area contributed by atoms with Gasteiger partial charge in [0, 0.05) is 11.9 Å². The van der Waals surface area contributed by atoms with Crippen LogP contribution in [0.5, 0.6) is 0 Å². The smallest absolute Gasteiger partial charge is 0.302 e. The van der Waals surface area contributed by atoms with E-state index in [4.69, 9.17) is 34.8 Å². The van der Waals surface area contributed by atoms with Gasteiger partial charge in [0.05, 0.1) is 38.4 Å². The van der Waals surface area contributed by atoms with E-state index in [1.807, 2.05) is 0 Å². The van der Waals surface area contributed by atoms with Crippen molar-refractivity contribution in [2.24, 2.45) is 0 Å². The van der Waals surface area contributed by atoms with Gasteiger partial charge in [0.15, 0.2) is 0 Å². The molecule has 150 valence electrons. The summed E-state index contributed by atoms with van der Waals surface area (Å²) in [6, 6.07) is 13.9. The number of nitrogens with zero attached hydrogens (tertiary/aromatic N) is 2. The van der Waals surface area contributed by atoms with Crippen LogP contribution in [0.15, 0.2) is 60.8 Å². The second-order valence-corrected chi connectivity index (χ2v) is 7.20. The van der Waals surface area contributed by atoms with Gasteiger partial charge in [-0.25, -0.2) is 0 Å². The van der Waals surface area contributed by atoms with Crippen LogP contribution in [-0.4, -0.2) is 10.9 Å². The number of para-hydroxylation sites is 1. The topological polar surface area (TPSA) is 33.2 Å². The number of pyridine rings is 1. The first-order chi connectivity index (χ1) is 13.7. The standard InChI is InChI=1S/C20H12Cl3F3N2O/c21-14-7-4-8-15(22)18(14)19(29)28(13-5-2-1-3-6-13)11-17-16(23)9-12(10-27-17)20(24,25)26/h1-10H,11H2. The fraction of sp³-hybridized carbons (Fsp3) is 0.100. The number of aromatic nitrogens is 1. The van der Waals surface area contributed by atoms with Crippen LogP contribution >= 0.6 is 34.8 Å². The highest BCUT2D eigenvalue weighted by Gasteiger charge is 2.32. The van der Waals surface area contributed by atoms with E-state index < -0.39 is 17.6 Å². The lowest BCUT2D eigenvalue weighted by molar-refractivity contribution is -0.137. The molecular weight excluding hydrogens is 448 g/mol. The number of carbonyl (C=O) groups excluding carboxylic acids is 1. The number of halogens is 6. The molecule has 0 N–H and O–H groups in total. The zero-order chi connectivity index (χ0) is 21.2. The van der Waals surface area contributed by atoms with Gasteiger partial charge in [0.1, 0.15) is 0 Å². The largest absolute Gasteiger partial charge is 0.417 e. The van der Waals surface area contributed by atoms with Gasteiger partial charge in [-0.2, -0.15) is 13.2 Å². The minimum absolute atomic E-state index is 0.0720. The molecule has 0 spiro atoms. The lowest BCUT2D eigenvalue weighted by Crippen LogP contribution is -2.31. The Morgan fingerprint density at radius 3 is 2.10 bits per heavy atom. The van der Waals surface area contributed by atoms with Gasteiger partial charge in [0.25, 0.3) is 5.91 Å². The number of benzene rings is 2. The summed E-state index contributed by atoms with van der Waals surface area (Å²) in [6.07, 6.45) is -3.90. The summed E-state index contributed by atoms with van der Waals surface area (Å²) in [7, 11) is 0. The van der Waals surface area contributed by atoms with Crippen LogP contribution in [0, 0.1) is 0 Å². The third-order valence-electron chi connectivity index (χ3n) is 4.04. The Balaban J connectivity index is 2.03. The summed E-state index contributed by atoms with van der Waals surface area (Å²) < 4.78 is 38.6. The molecule has 3 nitrogen and oxygen atoms in total. The van der Waals surface area contributed by atoms with E-state index in [1.54, 1.807) is 36.4 Å². The number of hydrogen-bond acceptors (Lipinski definition) is 2. The number of hydrogen-bond donors (Lipinski definition) is 0. The average molecular weight is 460 g/mol. The molecule has 0 fully saturated rings. The zero-order valence-electron chi connectivity index (χ0n) is 14.6. The minimum Gasteiger partial charge on any atom is -0.302 e. The van der Waals surface area contributed by atoms with Crippen LogP contribution in [0.1, 0.15) is 21.6 Å². The molecule has 3 aromatic rings. The lowest BCUT2D eigenvalue weighted by atomic mass is 10.1. The zero-order valence-corrected chi connectivity index (χ0v) is 16.8. The number of anilines is 1. The normalized spacial score (nSPS) is 11.4. The lowest BCUT2D eigenvalue weighted by Gasteiger charge is -2.24. The van der Waals surface area contributed by atoms with Crippen molar-refractivity contribution in [2.45, 2.75) is 12.7 Å². The quantitative estimate of drug-likeness (QED) is 0.425. The second kappa shape index (κ2) is 8.61. The van der Waals surface area contributed by atoms with Gasteiger partial charge in [-0.3, -0.25) is 9.78 Å². The molecule has 0 aliphatic heterocycles. The van der Waals surface area contributed by atoms with E-state index in [2.05, 4.69) is 4.98 Å². The third-order valence-corrected chi connectivity index (χ3v) is 5.00. The Labute approximate surface area is 179 Å². The van der Waals surface area contributed by atoms with Crippen molar-refractivity contribution >= 4 is 46.4 Å². The first-order valence-electron chi connectivity index (χ1n) is 8.21. The van der Waals surface area contributed by atoms with E-state index >= 15 is 0 Å². The summed E-state index contributed by atoms with van der Waals surface area (Å²) in [6.45, 7) is -0.179. The first kappa shape index (κ1) is 21.4. The summed E-state index contributed by atoms with van der Waals surface area (Å²) in [5.74, 6) is -0.537. The molecule has 1 heterocycles. The predicted octanol–water partition coefficient (Wildman–Crippen LogP) is 6.91. The Hall–Kier alpha value is -2.28. The molecule has 0 bridgehead atoms. The van der Waals surface area contributed by atoms with Crippen molar-refractivity contribution in [1.82, 2.24) is 4.98 Å². The van der Waals surface area contributed by atoms with Crippen molar-refractivity contribution in [3.63, 3.8) is 0 Å². The van der Waals surface area contributed by atoms with Crippen molar-refractivity contribution < 1.29 is 18.0 Å². The van der Waals surface area contributed by atoms with Crippen molar-refractivity contribution in [3.05, 3.63) is 92.7 Å². The Kier molecular flexibility index (Phi) is 6.36. The molecular formula is C20H12Cl3F3N2O. The monoisotopic (exact) mass is 458 g/mol. The fourth-order valence-corrected chi connectivity index (χ4v) is 3.40. The van der Waals surface area contributed by atoms with Crippen LogP contribution in [0.4, 0.5) is 18.9 Å². The van der Waals surface area contributed by atoms with Gasteiger partial charge in [-0.15, -0.1) is 0 Å². The maximum absolute atomic E-state index is 13.2. The summed E-state index contributed by atoms with van der Waals surface area (Å²) in [5.41, 5.74) is -0.327. The van der Waals surface area contributed by atoms with E-state index in [-0.39, 0.29) is 32.9 Å². The van der Waals surface area contributed by atoms with E-state index in [9.17, 15) is 18.0 Å². The Morgan fingerprint density at radius 2 is 1.55 bits per heavy atom. The molecule has 0 aliphatic rings. The third kappa shape index (κ3) is 4.83. The summed E-state index contributed by atoms with van der Waals surface area (Å²) in [5, 5.41) is 0.0867. The molecule has 9 heteroatoms. The molecule has 0 saturated carbocycles. The van der Waals surface area contributed by atoms with Crippen molar-refractivity contribution in [1.29, 1.82) is 0 Å². The highest BCUT2D eigenvalue weighted by molar-refractivity contribution is 6.40. The number of alkyl halides is 3. The van der Waals surface area contributed by atoms with E-state index in [0.717, 1.165) is 6.07 Å². The van der Waals surface area contributed by atoms with Crippen molar-refractivity contribution in [3.8, 4) is 0 Å². The van der Waals surface area contributed by atoms with Crippen LogP contribution in [0.3, 0.4) is 0 Å². The highest BCUT2D eigenvalue weighted by Crippen LogP contribution is 2.33. The maximum atomic E-state index is 13.2. The summed E-state index contributed by atoms with van der Waals surface area (Å²) in [4.78, 5) is 18.4. The van der Waals surface area contributed by atoms with Gasteiger partial charge >= 0.3 is 6.18 Å². The Morgan fingerprint density at radius 1 is 0.931 bits per heavy atom. The molecule has 0 atom stereocenters. The average Bonchev–Trinajstić information content (AvgIpc) is 2.66.